The third kappa shape index (κ3) is 4.09. The molecule has 0 saturated heterocycles. The summed E-state index contributed by atoms with van der Waals surface area (Å²) in [5.74, 6) is 0. The third-order valence-electron chi connectivity index (χ3n) is 3.90. The number of hydrogen-bond donors (Lipinski definition) is 1. The van der Waals surface area contributed by atoms with Gasteiger partial charge in [-0.25, -0.2) is 0 Å². The summed E-state index contributed by atoms with van der Waals surface area (Å²) in [6, 6.07) is 14.8. The van der Waals surface area contributed by atoms with E-state index in [0.717, 1.165) is 22.6 Å². The Kier molecular flexibility index (Phi) is 4.75. The summed E-state index contributed by atoms with van der Waals surface area (Å²) >= 11 is 6.18. The van der Waals surface area contributed by atoms with Crippen LogP contribution in [0, 0.1) is 6.92 Å². The Bertz CT molecular complexity index is 608. The molecule has 0 fully saturated rings. The van der Waals surface area contributed by atoms with Crippen molar-refractivity contribution in [3.63, 3.8) is 0 Å². The molecule has 0 aliphatic carbocycles. The topological polar surface area (TPSA) is 26.0 Å². The van der Waals surface area contributed by atoms with Crippen LogP contribution in [0.2, 0.25) is 5.02 Å². The fourth-order valence-corrected chi connectivity index (χ4v) is 2.54. The van der Waals surface area contributed by atoms with Gasteiger partial charge in [0.2, 0.25) is 0 Å². The predicted octanol–water partition coefficient (Wildman–Crippen LogP) is 5.19. The molecule has 0 aromatic heterocycles. The molecule has 21 heavy (non-hydrogen) atoms. The van der Waals surface area contributed by atoms with Crippen LogP contribution in [0.25, 0.3) is 0 Å². The highest BCUT2D eigenvalue weighted by Crippen LogP contribution is 2.25. The van der Waals surface area contributed by atoms with Crippen LogP contribution in [0.3, 0.4) is 0 Å². The molecule has 0 bridgehead atoms. The molecule has 2 aromatic rings. The predicted molar refractivity (Wildman–Crippen MR) is 92.0 cm³/mol. The molecule has 0 aliphatic heterocycles. The second kappa shape index (κ2) is 6.21. The lowest BCUT2D eigenvalue weighted by atomic mass is 9.86. The van der Waals surface area contributed by atoms with Crippen LogP contribution < -0.4 is 5.73 Å². The van der Waals surface area contributed by atoms with E-state index in [1.165, 1.54) is 11.1 Å². The zero-order valence-corrected chi connectivity index (χ0v) is 14.0. The van der Waals surface area contributed by atoms with Crippen molar-refractivity contribution in [2.75, 3.05) is 0 Å². The van der Waals surface area contributed by atoms with Crippen molar-refractivity contribution in [3.8, 4) is 0 Å². The Labute approximate surface area is 133 Å². The highest BCUT2D eigenvalue weighted by Gasteiger charge is 2.14. The van der Waals surface area contributed by atoms with E-state index >= 15 is 0 Å². The monoisotopic (exact) mass is 301 g/mol. The van der Waals surface area contributed by atoms with Crippen LogP contribution in [0.15, 0.2) is 42.5 Å². The molecule has 1 nitrogen and oxygen atoms in total. The number of benzene rings is 2. The van der Waals surface area contributed by atoms with Gasteiger partial charge in [0.15, 0.2) is 0 Å². The maximum absolute atomic E-state index is 6.31. The maximum Gasteiger partial charge on any atom is 0.0438 e. The lowest BCUT2D eigenvalue weighted by Crippen LogP contribution is -2.14. The van der Waals surface area contributed by atoms with E-state index < -0.39 is 0 Å². The van der Waals surface area contributed by atoms with Crippen LogP contribution in [0.1, 0.15) is 49.1 Å². The Morgan fingerprint density at radius 2 is 1.67 bits per heavy atom. The van der Waals surface area contributed by atoms with Crippen LogP contribution in [0.5, 0.6) is 0 Å². The lowest BCUT2D eigenvalue weighted by molar-refractivity contribution is 0.589. The van der Waals surface area contributed by atoms with Gasteiger partial charge in [-0.15, -0.1) is 0 Å². The van der Waals surface area contributed by atoms with Gasteiger partial charge in [-0.2, -0.15) is 0 Å². The molecule has 0 heterocycles. The van der Waals surface area contributed by atoms with E-state index in [0.29, 0.717) is 0 Å². The van der Waals surface area contributed by atoms with E-state index in [1.54, 1.807) is 0 Å². The molecule has 112 valence electrons. The normalized spacial score (nSPS) is 13.2. The van der Waals surface area contributed by atoms with Crippen molar-refractivity contribution in [2.24, 2.45) is 5.73 Å². The van der Waals surface area contributed by atoms with Crippen LogP contribution in [0.4, 0.5) is 0 Å². The summed E-state index contributed by atoms with van der Waals surface area (Å²) < 4.78 is 0. The number of halogens is 1. The minimum absolute atomic E-state index is 0.0245. The first-order valence-corrected chi connectivity index (χ1v) is 7.76. The van der Waals surface area contributed by atoms with E-state index in [1.807, 2.05) is 19.1 Å². The van der Waals surface area contributed by atoms with Gasteiger partial charge in [0.25, 0.3) is 0 Å². The molecule has 2 aromatic carbocycles. The van der Waals surface area contributed by atoms with Gasteiger partial charge in [-0.3, -0.25) is 0 Å². The lowest BCUT2D eigenvalue weighted by Gasteiger charge is -2.20. The maximum atomic E-state index is 6.31. The standard InChI is InChI=1S/C19H24ClN/c1-13-5-8-15(12-17(13)20)18(21)11-14-6-9-16(10-7-14)19(2,3)4/h5-10,12,18H,11,21H2,1-4H3. The summed E-state index contributed by atoms with van der Waals surface area (Å²) in [6.45, 7) is 8.68. The zero-order chi connectivity index (χ0) is 15.6. The first-order valence-electron chi connectivity index (χ1n) is 7.38. The summed E-state index contributed by atoms with van der Waals surface area (Å²) in [4.78, 5) is 0. The van der Waals surface area contributed by atoms with Crippen molar-refractivity contribution < 1.29 is 0 Å². The van der Waals surface area contributed by atoms with Crippen LogP contribution >= 0.6 is 11.6 Å². The Morgan fingerprint density at radius 1 is 1.05 bits per heavy atom. The Hall–Kier alpha value is -1.31. The molecule has 2 rings (SSSR count). The average Bonchev–Trinajstić information content (AvgIpc) is 2.41. The summed E-state index contributed by atoms with van der Waals surface area (Å²) in [5, 5.41) is 0.783. The molecule has 0 spiro atoms. The molecule has 0 saturated carbocycles. The van der Waals surface area contributed by atoms with Crippen molar-refractivity contribution in [1.29, 1.82) is 0 Å². The van der Waals surface area contributed by atoms with Crippen LogP contribution in [-0.4, -0.2) is 0 Å². The highest BCUT2D eigenvalue weighted by molar-refractivity contribution is 6.31. The zero-order valence-electron chi connectivity index (χ0n) is 13.3. The Morgan fingerprint density at radius 3 is 2.19 bits per heavy atom. The minimum atomic E-state index is -0.0245. The fraction of sp³-hybridized carbons (Fsp3) is 0.368. The van der Waals surface area contributed by atoms with Gasteiger partial charge in [-0.1, -0.05) is 68.8 Å². The van der Waals surface area contributed by atoms with E-state index in [9.17, 15) is 0 Å². The number of rotatable bonds is 3. The summed E-state index contributed by atoms with van der Waals surface area (Å²) in [5.41, 5.74) is 11.3. The molecule has 0 amide bonds. The number of nitrogens with two attached hydrogens (primary N) is 1. The minimum Gasteiger partial charge on any atom is -0.324 e. The third-order valence-corrected chi connectivity index (χ3v) is 4.31. The molecule has 2 N–H and O–H groups in total. The smallest absolute Gasteiger partial charge is 0.0438 e. The van der Waals surface area contributed by atoms with Crippen molar-refractivity contribution in [3.05, 3.63) is 69.7 Å². The Balaban J connectivity index is 2.12. The SMILES string of the molecule is Cc1ccc(C(N)Cc2ccc(C(C)(C)C)cc2)cc1Cl. The molecule has 2 heteroatoms. The fourth-order valence-electron chi connectivity index (χ4n) is 2.35. The molecule has 1 unspecified atom stereocenters. The second-order valence-corrected chi connectivity index (χ2v) is 7.17. The van der Waals surface area contributed by atoms with Crippen LogP contribution in [-0.2, 0) is 11.8 Å². The van der Waals surface area contributed by atoms with Gasteiger partial charge >= 0.3 is 0 Å². The molecule has 0 aliphatic rings. The molecular weight excluding hydrogens is 278 g/mol. The number of hydrogen-bond acceptors (Lipinski definition) is 1. The van der Waals surface area contributed by atoms with Crippen molar-refractivity contribution in [2.45, 2.75) is 45.6 Å². The number of aryl methyl sites for hydroxylation is 1. The second-order valence-electron chi connectivity index (χ2n) is 6.77. The highest BCUT2D eigenvalue weighted by atomic mass is 35.5. The largest absolute Gasteiger partial charge is 0.324 e. The van der Waals surface area contributed by atoms with Gasteiger partial charge in [0.05, 0.1) is 0 Å². The van der Waals surface area contributed by atoms with Gasteiger partial charge in [0, 0.05) is 11.1 Å². The first-order chi connectivity index (χ1) is 9.77. The van der Waals surface area contributed by atoms with Gasteiger partial charge in [0.1, 0.15) is 0 Å². The molecular formula is C19H24ClN. The quantitative estimate of drug-likeness (QED) is 0.829. The van der Waals surface area contributed by atoms with Gasteiger partial charge < -0.3 is 5.73 Å². The molecule has 0 radical (unpaired) electrons. The van der Waals surface area contributed by atoms with E-state index in [4.69, 9.17) is 17.3 Å². The van der Waals surface area contributed by atoms with Gasteiger partial charge in [-0.05, 0) is 47.1 Å². The van der Waals surface area contributed by atoms with E-state index in [2.05, 4.69) is 51.1 Å². The van der Waals surface area contributed by atoms with E-state index in [-0.39, 0.29) is 11.5 Å². The average molecular weight is 302 g/mol. The van der Waals surface area contributed by atoms with Crippen molar-refractivity contribution in [1.82, 2.24) is 0 Å². The summed E-state index contributed by atoms with van der Waals surface area (Å²) in [7, 11) is 0. The van der Waals surface area contributed by atoms with Crippen molar-refractivity contribution >= 4 is 11.6 Å². The summed E-state index contributed by atoms with van der Waals surface area (Å²) in [6.07, 6.45) is 0.823. The molecule has 1 atom stereocenters. The first kappa shape index (κ1) is 16.1.